The quantitative estimate of drug-likeness (QED) is 0.609. The topological polar surface area (TPSA) is 76.1 Å². The summed E-state index contributed by atoms with van der Waals surface area (Å²) in [6, 6.07) is -0.433. The molecule has 20 heavy (non-hydrogen) atoms. The first kappa shape index (κ1) is 13.2. The molecule has 6 nitrogen and oxygen atoms in total. The molecule has 4 rings (SSSR count). The molecule has 1 amide bonds. The maximum absolute atomic E-state index is 12.0. The van der Waals surface area contributed by atoms with Gasteiger partial charge in [-0.15, -0.1) is 0 Å². The van der Waals surface area contributed by atoms with E-state index in [0.717, 1.165) is 5.57 Å². The maximum Gasteiger partial charge on any atom is 0.410 e. The summed E-state index contributed by atoms with van der Waals surface area (Å²) in [7, 11) is 1.34. The predicted molar refractivity (Wildman–Crippen MR) is 68.8 cm³/mol. The number of ether oxygens (including phenoxy) is 2. The van der Waals surface area contributed by atoms with Gasteiger partial charge in [-0.3, -0.25) is 4.90 Å². The van der Waals surface area contributed by atoms with Crippen molar-refractivity contribution >= 4 is 12.1 Å². The van der Waals surface area contributed by atoms with Crippen LogP contribution in [0.3, 0.4) is 0 Å². The van der Waals surface area contributed by atoms with E-state index in [9.17, 15) is 9.59 Å². The van der Waals surface area contributed by atoms with Crippen LogP contribution in [0.2, 0.25) is 0 Å². The summed E-state index contributed by atoms with van der Waals surface area (Å²) in [4.78, 5) is 25.3. The number of aliphatic hydroxyl groups is 1. The van der Waals surface area contributed by atoms with Crippen LogP contribution in [0, 0.1) is 0 Å². The third kappa shape index (κ3) is 1.67. The van der Waals surface area contributed by atoms with Crippen molar-refractivity contribution < 1.29 is 24.2 Å². The van der Waals surface area contributed by atoms with Gasteiger partial charge in [-0.1, -0.05) is 6.08 Å². The van der Waals surface area contributed by atoms with E-state index in [0.29, 0.717) is 19.3 Å². The zero-order valence-electron chi connectivity index (χ0n) is 11.2. The zero-order chi connectivity index (χ0) is 14.3. The highest BCUT2D eigenvalue weighted by atomic mass is 16.6. The van der Waals surface area contributed by atoms with E-state index >= 15 is 0 Å². The summed E-state index contributed by atoms with van der Waals surface area (Å²) < 4.78 is 10.4. The Morgan fingerprint density at radius 3 is 3.15 bits per heavy atom. The van der Waals surface area contributed by atoms with Gasteiger partial charge in [-0.2, -0.15) is 0 Å². The van der Waals surface area contributed by atoms with Gasteiger partial charge in [0, 0.05) is 12.7 Å². The van der Waals surface area contributed by atoms with Crippen molar-refractivity contribution in [1.29, 1.82) is 0 Å². The number of fused-ring (bicyclic) bond motifs is 1. The number of esters is 1. The molecule has 0 unspecified atom stereocenters. The van der Waals surface area contributed by atoms with Gasteiger partial charge in [-0.25, -0.2) is 9.59 Å². The summed E-state index contributed by atoms with van der Waals surface area (Å²) in [5.41, 5.74) is 0.0490. The molecule has 1 spiro atoms. The highest BCUT2D eigenvalue weighted by Gasteiger charge is 2.58. The molecule has 0 aromatic heterocycles. The van der Waals surface area contributed by atoms with Gasteiger partial charge in [-0.05, 0) is 30.9 Å². The van der Waals surface area contributed by atoms with Crippen molar-refractivity contribution in [3.8, 4) is 0 Å². The molecule has 108 valence electrons. The molecule has 2 bridgehead atoms. The summed E-state index contributed by atoms with van der Waals surface area (Å²) in [6.45, 7) is 0.0307. The van der Waals surface area contributed by atoms with Crippen LogP contribution in [0.15, 0.2) is 23.8 Å². The SMILES string of the molecule is COC(=O)N1[C@@H]2C=C[C@]3(OC(=O)C=C3C2)[C@@H]1CCCO. The van der Waals surface area contributed by atoms with Crippen LogP contribution in [0.25, 0.3) is 0 Å². The normalized spacial score (nSPS) is 33.8. The average molecular weight is 279 g/mol. The number of amides is 1. The van der Waals surface area contributed by atoms with Crippen LogP contribution in [-0.4, -0.2) is 53.5 Å². The Labute approximate surface area is 116 Å². The number of methoxy groups -OCH3 is 1. The van der Waals surface area contributed by atoms with E-state index < -0.39 is 11.7 Å². The Kier molecular flexibility index (Phi) is 3.05. The largest absolute Gasteiger partial charge is 0.453 e. The lowest BCUT2D eigenvalue weighted by atomic mass is 9.71. The average Bonchev–Trinajstić information content (AvgIpc) is 2.79. The van der Waals surface area contributed by atoms with E-state index in [4.69, 9.17) is 14.6 Å². The van der Waals surface area contributed by atoms with Crippen LogP contribution in [0.4, 0.5) is 4.79 Å². The summed E-state index contributed by atoms with van der Waals surface area (Å²) >= 11 is 0. The first-order valence-corrected chi connectivity index (χ1v) is 6.73. The number of piperidine rings is 1. The van der Waals surface area contributed by atoms with Crippen molar-refractivity contribution in [1.82, 2.24) is 4.90 Å². The van der Waals surface area contributed by atoms with Gasteiger partial charge in [0.1, 0.15) is 0 Å². The van der Waals surface area contributed by atoms with E-state index in [1.807, 2.05) is 12.2 Å². The third-order valence-electron chi connectivity index (χ3n) is 4.27. The molecule has 1 N–H and O–H groups in total. The van der Waals surface area contributed by atoms with Crippen LogP contribution in [0.5, 0.6) is 0 Å². The molecular weight excluding hydrogens is 262 g/mol. The highest BCUT2D eigenvalue weighted by Crippen LogP contribution is 2.48. The van der Waals surface area contributed by atoms with Gasteiger partial charge in [0.2, 0.25) is 0 Å². The first-order valence-electron chi connectivity index (χ1n) is 6.73. The van der Waals surface area contributed by atoms with Crippen molar-refractivity contribution in [2.24, 2.45) is 0 Å². The lowest BCUT2D eigenvalue weighted by Crippen LogP contribution is -2.64. The standard InChI is InChI=1S/C14H17NO5/c1-19-13(18)15-10-4-5-14(11(15)3-2-6-16)9(7-10)8-12(17)20-14/h4-5,8,10-11,16H,2-3,6-7H2,1H3/t10-,11+,14-/m1/s1. The number of carbonyl (C=O) groups is 2. The van der Waals surface area contributed by atoms with Gasteiger partial charge < -0.3 is 14.6 Å². The summed E-state index contributed by atoms with van der Waals surface area (Å²) in [6.07, 6.45) is 6.54. The van der Waals surface area contributed by atoms with Gasteiger partial charge in [0.05, 0.1) is 19.2 Å². The number of carbonyl (C=O) groups excluding carboxylic acids is 2. The minimum Gasteiger partial charge on any atom is -0.453 e. The minimum absolute atomic E-state index is 0.0307. The number of aliphatic hydroxyl groups excluding tert-OH is 1. The van der Waals surface area contributed by atoms with Crippen molar-refractivity contribution in [2.75, 3.05) is 13.7 Å². The van der Waals surface area contributed by atoms with Crippen molar-refractivity contribution in [3.05, 3.63) is 23.8 Å². The van der Waals surface area contributed by atoms with Crippen LogP contribution >= 0.6 is 0 Å². The molecule has 1 saturated heterocycles. The number of hydrogen-bond donors (Lipinski definition) is 1. The second kappa shape index (κ2) is 4.63. The second-order valence-corrected chi connectivity index (χ2v) is 5.27. The van der Waals surface area contributed by atoms with E-state index in [2.05, 4.69) is 0 Å². The minimum atomic E-state index is -0.866. The van der Waals surface area contributed by atoms with Gasteiger partial charge in [0.25, 0.3) is 0 Å². The Bertz CT molecular complexity index is 512. The zero-order valence-corrected chi connectivity index (χ0v) is 11.2. The Balaban J connectivity index is 2.00. The molecule has 1 fully saturated rings. The Morgan fingerprint density at radius 1 is 1.65 bits per heavy atom. The second-order valence-electron chi connectivity index (χ2n) is 5.27. The van der Waals surface area contributed by atoms with Crippen molar-refractivity contribution in [3.63, 3.8) is 0 Å². The van der Waals surface area contributed by atoms with Crippen molar-refractivity contribution in [2.45, 2.75) is 36.9 Å². The first-order chi connectivity index (χ1) is 9.62. The molecule has 4 aliphatic rings. The summed E-state index contributed by atoms with van der Waals surface area (Å²) in [5.74, 6) is -0.369. The van der Waals surface area contributed by atoms with Crippen LogP contribution < -0.4 is 0 Å². The Morgan fingerprint density at radius 2 is 2.45 bits per heavy atom. The number of hydrogen-bond acceptors (Lipinski definition) is 5. The smallest absolute Gasteiger partial charge is 0.410 e. The molecular formula is C14H17NO5. The lowest BCUT2D eigenvalue weighted by Gasteiger charge is -2.52. The molecule has 6 heteroatoms. The highest BCUT2D eigenvalue weighted by molar-refractivity contribution is 5.88. The third-order valence-corrected chi connectivity index (χ3v) is 4.27. The molecule has 0 aromatic rings. The van der Waals surface area contributed by atoms with Gasteiger partial charge in [0.15, 0.2) is 5.60 Å². The van der Waals surface area contributed by atoms with E-state index in [-0.39, 0.29) is 24.7 Å². The monoisotopic (exact) mass is 279 g/mol. The number of nitrogens with zero attached hydrogens (tertiary/aromatic N) is 1. The number of rotatable bonds is 3. The maximum atomic E-state index is 12.0. The van der Waals surface area contributed by atoms with Crippen LogP contribution in [-0.2, 0) is 14.3 Å². The van der Waals surface area contributed by atoms with Gasteiger partial charge >= 0.3 is 12.1 Å². The molecule has 0 radical (unpaired) electrons. The molecule has 1 aliphatic carbocycles. The summed E-state index contributed by atoms with van der Waals surface area (Å²) in [5, 5.41) is 9.06. The lowest BCUT2D eigenvalue weighted by molar-refractivity contribution is -0.150. The fraction of sp³-hybridized carbons (Fsp3) is 0.571. The van der Waals surface area contributed by atoms with Crippen LogP contribution in [0.1, 0.15) is 19.3 Å². The molecule has 0 aromatic carbocycles. The molecule has 3 aliphatic heterocycles. The van der Waals surface area contributed by atoms with E-state index in [1.165, 1.54) is 13.2 Å². The Hall–Kier alpha value is -1.82. The molecule has 3 atom stereocenters. The van der Waals surface area contributed by atoms with E-state index in [1.54, 1.807) is 4.90 Å². The predicted octanol–water partition coefficient (Wildman–Crippen LogP) is 0.760. The fourth-order valence-electron chi connectivity index (χ4n) is 3.45. The molecule has 0 saturated carbocycles. The fourth-order valence-corrected chi connectivity index (χ4v) is 3.45. The molecule has 3 heterocycles.